The first-order chi connectivity index (χ1) is 8.11. The zero-order valence-electron chi connectivity index (χ0n) is 10.1. The number of halogens is 1. The lowest BCUT2D eigenvalue weighted by Crippen LogP contribution is -2.45. The lowest BCUT2D eigenvalue weighted by molar-refractivity contribution is 0.0583. The Hall–Kier alpha value is -1.13. The first kappa shape index (κ1) is 12.3. The molecule has 0 heterocycles. The van der Waals surface area contributed by atoms with Crippen molar-refractivity contribution in [2.24, 2.45) is 0 Å². The summed E-state index contributed by atoms with van der Waals surface area (Å²) in [5.41, 5.74) is 0.552. The van der Waals surface area contributed by atoms with E-state index in [2.05, 4.69) is 5.32 Å². The van der Waals surface area contributed by atoms with Crippen LogP contribution in [0.1, 0.15) is 31.4 Å². The fraction of sp³-hybridized carbons (Fsp3) is 0.538. The summed E-state index contributed by atoms with van der Waals surface area (Å²) >= 11 is 0. The number of hydrogen-bond donors (Lipinski definition) is 2. The fourth-order valence-electron chi connectivity index (χ4n) is 2.28. The Morgan fingerprint density at radius 1 is 1.47 bits per heavy atom. The molecule has 0 radical (unpaired) electrons. The van der Waals surface area contributed by atoms with Gasteiger partial charge >= 0.3 is 0 Å². The van der Waals surface area contributed by atoms with Crippen LogP contribution < -0.4 is 10.1 Å². The van der Waals surface area contributed by atoms with Crippen LogP contribution in [-0.2, 0) is 0 Å². The number of aliphatic hydroxyl groups excluding tert-OH is 1. The van der Waals surface area contributed by atoms with Gasteiger partial charge in [-0.2, -0.15) is 0 Å². The van der Waals surface area contributed by atoms with Crippen molar-refractivity contribution in [2.75, 3.05) is 7.11 Å². The standard InChI is InChI=1S/C13H18FNO2/c1-8(15-9-6-10(16)7-9)13-11(14)4-3-5-12(13)17-2/h3-5,8-10,15-16H,6-7H2,1-2H3. The summed E-state index contributed by atoms with van der Waals surface area (Å²) in [5, 5.41) is 12.5. The van der Waals surface area contributed by atoms with Gasteiger partial charge in [0.1, 0.15) is 11.6 Å². The predicted molar refractivity (Wildman–Crippen MR) is 63.5 cm³/mol. The Bertz CT molecular complexity index is 391. The van der Waals surface area contributed by atoms with Gasteiger partial charge < -0.3 is 15.2 Å². The molecule has 1 aliphatic rings. The van der Waals surface area contributed by atoms with Crippen molar-refractivity contribution in [3.05, 3.63) is 29.6 Å². The van der Waals surface area contributed by atoms with Crippen LogP contribution >= 0.6 is 0 Å². The first-order valence-corrected chi connectivity index (χ1v) is 5.88. The molecule has 4 heteroatoms. The van der Waals surface area contributed by atoms with Crippen LogP contribution in [0.15, 0.2) is 18.2 Å². The summed E-state index contributed by atoms with van der Waals surface area (Å²) in [6, 6.07) is 4.97. The Balaban J connectivity index is 2.10. The molecule has 0 bridgehead atoms. The molecule has 1 unspecified atom stereocenters. The van der Waals surface area contributed by atoms with Gasteiger partial charge in [0.25, 0.3) is 0 Å². The number of benzene rings is 1. The van der Waals surface area contributed by atoms with Crippen molar-refractivity contribution in [1.82, 2.24) is 5.32 Å². The van der Waals surface area contributed by atoms with E-state index in [0.717, 1.165) is 12.8 Å². The maximum atomic E-state index is 13.8. The lowest BCUT2D eigenvalue weighted by Gasteiger charge is -2.34. The van der Waals surface area contributed by atoms with Gasteiger partial charge in [0.05, 0.1) is 13.2 Å². The highest BCUT2D eigenvalue weighted by Gasteiger charge is 2.29. The molecule has 2 rings (SSSR count). The topological polar surface area (TPSA) is 41.5 Å². The second-order valence-electron chi connectivity index (χ2n) is 4.57. The van der Waals surface area contributed by atoms with Crippen molar-refractivity contribution in [3.8, 4) is 5.75 Å². The number of hydrogen-bond acceptors (Lipinski definition) is 3. The van der Waals surface area contributed by atoms with Crippen LogP contribution in [0.4, 0.5) is 4.39 Å². The first-order valence-electron chi connectivity index (χ1n) is 5.88. The Kier molecular flexibility index (Phi) is 3.64. The van der Waals surface area contributed by atoms with Crippen molar-refractivity contribution in [2.45, 2.75) is 38.0 Å². The highest BCUT2D eigenvalue weighted by atomic mass is 19.1. The number of aliphatic hydroxyl groups is 1. The van der Waals surface area contributed by atoms with Crippen LogP contribution in [0.3, 0.4) is 0 Å². The van der Waals surface area contributed by atoms with Crippen LogP contribution in [0.25, 0.3) is 0 Å². The van der Waals surface area contributed by atoms with E-state index in [1.54, 1.807) is 12.1 Å². The average molecular weight is 239 g/mol. The minimum atomic E-state index is -0.260. The Morgan fingerprint density at radius 3 is 2.76 bits per heavy atom. The molecule has 1 aromatic rings. The molecule has 0 spiro atoms. The van der Waals surface area contributed by atoms with Crippen LogP contribution in [0, 0.1) is 5.82 Å². The highest BCUT2D eigenvalue weighted by Crippen LogP contribution is 2.30. The quantitative estimate of drug-likeness (QED) is 0.844. The van der Waals surface area contributed by atoms with Crippen LogP contribution in [-0.4, -0.2) is 24.4 Å². The Morgan fingerprint density at radius 2 is 2.18 bits per heavy atom. The Labute approximate surface area is 101 Å². The summed E-state index contributed by atoms with van der Waals surface area (Å²) in [7, 11) is 1.54. The molecule has 0 saturated heterocycles. The highest BCUT2D eigenvalue weighted by molar-refractivity contribution is 5.37. The fourth-order valence-corrected chi connectivity index (χ4v) is 2.28. The molecule has 0 amide bonds. The minimum Gasteiger partial charge on any atom is -0.496 e. The van der Waals surface area contributed by atoms with Crippen LogP contribution in [0.2, 0.25) is 0 Å². The SMILES string of the molecule is COc1cccc(F)c1C(C)NC1CC(O)C1. The maximum Gasteiger partial charge on any atom is 0.131 e. The van der Waals surface area contributed by atoms with Crippen molar-refractivity contribution < 1.29 is 14.2 Å². The third-order valence-corrected chi connectivity index (χ3v) is 3.26. The number of ether oxygens (including phenoxy) is 1. The van der Waals surface area contributed by atoms with Gasteiger partial charge in [-0.15, -0.1) is 0 Å². The molecule has 1 fully saturated rings. The third kappa shape index (κ3) is 2.58. The predicted octanol–water partition coefficient (Wildman–Crippen LogP) is 2.01. The number of nitrogens with one attached hydrogen (secondary N) is 1. The molecule has 1 aromatic carbocycles. The van der Waals surface area contributed by atoms with Crippen molar-refractivity contribution in [1.29, 1.82) is 0 Å². The molecular formula is C13H18FNO2. The largest absolute Gasteiger partial charge is 0.496 e. The summed E-state index contributed by atoms with van der Waals surface area (Å²) in [4.78, 5) is 0. The van der Waals surface area contributed by atoms with E-state index >= 15 is 0 Å². The van der Waals surface area contributed by atoms with Gasteiger partial charge in [0, 0.05) is 17.6 Å². The minimum absolute atomic E-state index is 0.122. The number of methoxy groups -OCH3 is 1. The third-order valence-electron chi connectivity index (χ3n) is 3.26. The summed E-state index contributed by atoms with van der Waals surface area (Å²) < 4.78 is 18.9. The van der Waals surface area contributed by atoms with Crippen LogP contribution in [0.5, 0.6) is 5.75 Å². The van der Waals surface area contributed by atoms with E-state index in [4.69, 9.17) is 4.74 Å². The van der Waals surface area contributed by atoms with Gasteiger partial charge in [-0.05, 0) is 31.9 Å². The molecule has 2 N–H and O–H groups in total. The number of rotatable bonds is 4. The summed E-state index contributed by atoms with van der Waals surface area (Å²) in [6.45, 7) is 1.91. The zero-order valence-corrected chi connectivity index (χ0v) is 10.1. The maximum absolute atomic E-state index is 13.8. The van der Waals surface area contributed by atoms with E-state index in [1.807, 2.05) is 6.92 Å². The van der Waals surface area contributed by atoms with Gasteiger partial charge in [-0.3, -0.25) is 0 Å². The van der Waals surface area contributed by atoms with E-state index in [9.17, 15) is 9.50 Å². The van der Waals surface area contributed by atoms with Gasteiger partial charge in [0.15, 0.2) is 0 Å². The average Bonchev–Trinajstić information content (AvgIpc) is 2.26. The van der Waals surface area contributed by atoms with E-state index in [1.165, 1.54) is 13.2 Å². The summed E-state index contributed by atoms with van der Waals surface area (Å²) in [5.74, 6) is 0.300. The monoisotopic (exact) mass is 239 g/mol. The second kappa shape index (κ2) is 5.02. The molecule has 1 saturated carbocycles. The molecule has 3 nitrogen and oxygen atoms in total. The molecule has 0 aliphatic heterocycles. The van der Waals surface area contributed by atoms with Gasteiger partial charge in [-0.1, -0.05) is 6.07 Å². The lowest BCUT2D eigenvalue weighted by atomic mass is 9.88. The smallest absolute Gasteiger partial charge is 0.131 e. The van der Waals surface area contributed by atoms with Crippen molar-refractivity contribution >= 4 is 0 Å². The molecule has 17 heavy (non-hydrogen) atoms. The van der Waals surface area contributed by atoms with E-state index < -0.39 is 0 Å². The van der Waals surface area contributed by atoms with Gasteiger partial charge in [0.2, 0.25) is 0 Å². The molecule has 94 valence electrons. The normalized spacial score (nSPS) is 25.2. The molecular weight excluding hydrogens is 221 g/mol. The van der Waals surface area contributed by atoms with E-state index in [-0.39, 0.29) is 24.0 Å². The second-order valence-corrected chi connectivity index (χ2v) is 4.57. The van der Waals surface area contributed by atoms with Gasteiger partial charge in [-0.25, -0.2) is 4.39 Å². The van der Waals surface area contributed by atoms with E-state index in [0.29, 0.717) is 11.3 Å². The zero-order chi connectivity index (χ0) is 12.4. The summed E-state index contributed by atoms with van der Waals surface area (Å²) in [6.07, 6.45) is 1.27. The molecule has 1 atom stereocenters. The molecule has 0 aromatic heterocycles. The molecule has 1 aliphatic carbocycles. The van der Waals surface area contributed by atoms with Crippen molar-refractivity contribution in [3.63, 3.8) is 0 Å².